The zero-order valence-corrected chi connectivity index (χ0v) is 13.1. The normalized spacial score (nSPS) is 24.5. The van der Waals surface area contributed by atoms with Crippen LogP contribution < -0.4 is 0 Å². The lowest BCUT2D eigenvalue weighted by Crippen LogP contribution is -2.27. The Balaban J connectivity index is 1.73. The molecule has 0 aliphatic carbocycles. The molecule has 22 heavy (non-hydrogen) atoms. The number of hydrogen-bond acceptors (Lipinski definition) is 3. The molecule has 0 aromatic heterocycles. The number of benzene rings is 2. The molecule has 0 spiro atoms. The third-order valence-corrected chi connectivity index (χ3v) is 4.22. The van der Waals surface area contributed by atoms with Gasteiger partial charge in [-0.2, -0.15) is 0 Å². The second-order valence-electron chi connectivity index (χ2n) is 5.62. The van der Waals surface area contributed by atoms with Crippen LogP contribution in [0.15, 0.2) is 54.6 Å². The number of ether oxygens (including phenoxy) is 3. The van der Waals surface area contributed by atoms with E-state index in [1.807, 2.05) is 6.07 Å². The molecule has 1 heterocycles. The number of hydrogen-bond donors (Lipinski definition) is 0. The maximum Gasteiger partial charge on any atom is 0.108 e. The SMILES string of the molecule is COC[C@H]1O[C@@H](c2ccc(-c3ccccc3)cc2)C[C@@H]1OC. The average molecular weight is 298 g/mol. The molecule has 0 amide bonds. The van der Waals surface area contributed by atoms with Gasteiger partial charge in [-0.3, -0.25) is 0 Å². The molecule has 1 aliphatic rings. The molecule has 2 aromatic rings. The van der Waals surface area contributed by atoms with Gasteiger partial charge in [-0.05, 0) is 16.7 Å². The third kappa shape index (κ3) is 3.22. The van der Waals surface area contributed by atoms with Crippen LogP contribution in [0.4, 0.5) is 0 Å². The van der Waals surface area contributed by atoms with Crippen LogP contribution in [0.25, 0.3) is 11.1 Å². The second-order valence-corrected chi connectivity index (χ2v) is 5.62. The summed E-state index contributed by atoms with van der Waals surface area (Å²) in [5.74, 6) is 0. The summed E-state index contributed by atoms with van der Waals surface area (Å²) in [7, 11) is 3.43. The monoisotopic (exact) mass is 298 g/mol. The third-order valence-electron chi connectivity index (χ3n) is 4.22. The molecule has 0 saturated carbocycles. The van der Waals surface area contributed by atoms with Crippen LogP contribution in [-0.4, -0.2) is 33.0 Å². The molecule has 116 valence electrons. The molecular formula is C19H22O3. The molecule has 3 rings (SSSR count). The van der Waals surface area contributed by atoms with Crippen molar-refractivity contribution in [2.75, 3.05) is 20.8 Å². The summed E-state index contributed by atoms with van der Waals surface area (Å²) >= 11 is 0. The Kier molecular flexibility index (Phi) is 4.88. The van der Waals surface area contributed by atoms with Crippen LogP contribution in [0.3, 0.4) is 0 Å². The fourth-order valence-corrected chi connectivity index (χ4v) is 3.01. The van der Waals surface area contributed by atoms with Gasteiger partial charge in [0.2, 0.25) is 0 Å². The maximum atomic E-state index is 6.09. The Hall–Kier alpha value is -1.68. The van der Waals surface area contributed by atoms with Crippen LogP contribution in [-0.2, 0) is 14.2 Å². The lowest BCUT2D eigenvalue weighted by atomic mass is 10.00. The first-order valence-electron chi connectivity index (χ1n) is 7.64. The topological polar surface area (TPSA) is 27.7 Å². The zero-order chi connectivity index (χ0) is 15.4. The van der Waals surface area contributed by atoms with Crippen LogP contribution in [0, 0.1) is 0 Å². The van der Waals surface area contributed by atoms with Crippen LogP contribution >= 0.6 is 0 Å². The van der Waals surface area contributed by atoms with E-state index in [1.54, 1.807) is 14.2 Å². The van der Waals surface area contributed by atoms with Crippen LogP contribution in [0.5, 0.6) is 0 Å². The quantitative estimate of drug-likeness (QED) is 0.839. The second kappa shape index (κ2) is 7.05. The van der Waals surface area contributed by atoms with Crippen molar-refractivity contribution < 1.29 is 14.2 Å². The van der Waals surface area contributed by atoms with Crippen molar-refractivity contribution >= 4 is 0 Å². The van der Waals surface area contributed by atoms with Crippen molar-refractivity contribution in [3.8, 4) is 11.1 Å². The van der Waals surface area contributed by atoms with Gasteiger partial charge in [0.1, 0.15) is 6.10 Å². The van der Waals surface area contributed by atoms with Crippen molar-refractivity contribution in [2.45, 2.75) is 24.7 Å². The molecule has 3 heteroatoms. The van der Waals surface area contributed by atoms with Gasteiger partial charge >= 0.3 is 0 Å². The van der Waals surface area contributed by atoms with Crippen LogP contribution in [0.1, 0.15) is 18.1 Å². The summed E-state index contributed by atoms with van der Waals surface area (Å²) in [6.07, 6.45) is 1.05. The molecule has 0 N–H and O–H groups in total. The Bertz CT molecular complexity index is 579. The molecule has 1 aliphatic heterocycles. The van der Waals surface area contributed by atoms with Crippen molar-refractivity contribution in [3.63, 3.8) is 0 Å². The molecule has 0 unspecified atom stereocenters. The van der Waals surface area contributed by atoms with E-state index in [9.17, 15) is 0 Å². The molecule has 0 bridgehead atoms. The zero-order valence-electron chi connectivity index (χ0n) is 13.1. The van der Waals surface area contributed by atoms with Crippen molar-refractivity contribution in [1.82, 2.24) is 0 Å². The van der Waals surface area contributed by atoms with Gasteiger partial charge in [0, 0.05) is 20.6 Å². The molecule has 1 fully saturated rings. The van der Waals surface area contributed by atoms with E-state index in [-0.39, 0.29) is 18.3 Å². The van der Waals surface area contributed by atoms with Gasteiger partial charge < -0.3 is 14.2 Å². The van der Waals surface area contributed by atoms with Gasteiger partial charge in [0.05, 0.1) is 18.8 Å². The van der Waals surface area contributed by atoms with Gasteiger partial charge in [0.25, 0.3) is 0 Å². The van der Waals surface area contributed by atoms with E-state index in [1.165, 1.54) is 16.7 Å². The van der Waals surface area contributed by atoms with Crippen LogP contribution in [0.2, 0.25) is 0 Å². The first-order chi connectivity index (χ1) is 10.8. The minimum Gasteiger partial charge on any atom is -0.382 e. The van der Waals surface area contributed by atoms with E-state index in [0.29, 0.717) is 6.61 Å². The molecule has 1 saturated heterocycles. The highest BCUT2D eigenvalue weighted by Gasteiger charge is 2.35. The van der Waals surface area contributed by atoms with E-state index < -0.39 is 0 Å². The van der Waals surface area contributed by atoms with Crippen molar-refractivity contribution in [1.29, 1.82) is 0 Å². The van der Waals surface area contributed by atoms with Gasteiger partial charge in [0.15, 0.2) is 0 Å². The summed E-state index contributed by atoms with van der Waals surface area (Å²) in [6, 6.07) is 19.0. The molecule has 3 nitrogen and oxygen atoms in total. The minimum atomic E-state index is 0.00815. The molecular weight excluding hydrogens is 276 g/mol. The Morgan fingerprint density at radius 3 is 2.27 bits per heavy atom. The predicted molar refractivity (Wildman–Crippen MR) is 86.8 cm³/mol. The standard InChI is InChI=1S/C19H22O3/c1-20-13-19-18(21-2)12-17(22-19)16-10-8-15(9-11-16)14-6-4-3-5-7-14/h3-11,17-19H,12-13H2,1-2H3/t17-,18+,19-/m1/s1. The summed E-state index contributed by atoms with van der Waals surface area (Å²) in [5.41, 5.74) is 3.65. The smallest absolute Gasteiger partial charge is 0.108 e. The van der Waals surface area contributed by atoms with E-state index in [2.05, 4.69) is 48.5 Å². The lowest BCUT2D eigenvalue weighted by molar-refractivity contribution is -0.0445. The number of rotatable bonds is 5. The first-order valence-corrected chi connectivity index (χ1v) is 7.64. The lowest BCUT2D eigenvalue weighted by Gasteiger charge is -2.16. The Labute approximate surface area is 131 Å². The summed E-state index contributed by atoms with van der Waals surface area (Å²) < 4.78 is 16.8. The van der Waals surface area contributed by atoms with E-state index in [0.717, 1.165) is 6.42 Å². The van der Waals surface area contributed by atoms with Gasteiger partial charge in [-0.15, -0.1) is 0 Å². The van der Waals surface area contributed by atoms with E-state index >= 15 is 0 Å². The molecule has 3 atom stereocenters. The highest BCUT2D eigenvalue weighted by molar-refractivity contribution is 5.63. The van der Waals surface area contributed by atoms with E-state index in [4.69, 9.17) is 14.2 Å². The number of methoxy groups -OCH3 is 2. The Morgan fingerprint density at radius 1 is 0.955 bits per heavy atom. The van der Waals surface area contributed by atoms with Crippen molar-refractivity contribution in [3.05, 3.63) is 60.2 Å². The molecule has 2 aromatic carbocycles. The summed E-state index contributed by atoms with van der Waals surface area (Å²) in [4.78, 5) is 0. The average Bonchev–Trinajstić information content (AvgIpc) is 2.99. The minimum absolute atomic E-state index is 0.00815. The molecule has 0 radical (unpaired) electrons. The summed E-state index contributed by atoms with van der Waals surface area (Å²) in [5, 5.41) is 0. The van der Waals surface area contributed by atoms with Gasteiger partial charge in [-0.1, -0.05) is 54.6 Å². The highest BCUT2D eigenvalue weighted by atomic mass is 16.6. The fourth-order valence-electron chi connectivity index (χ4n) is 3.01. The fraction of sp³-hybridized carbons (Fsp3) is 0.368. The van der Waals surface area contributed by atoms with Gasteiger partial charge in [-0.25, -0.2) is 0 Å². The summed E-state index contributed by atoms with van der Waals surface area (Å²) in [6.45, 7) is 0.567. The van der Waals surface area contributed by atoms with Crippen molar-refractivity contribution in [2.24, 2.45) is 0 Å². The Morgan fingerprint density at radius 2 is 1.64 bits per heavy atom. The highest BCUT2D eigenvalue weighted by Crippen LogP contribution is 2.35. The maximum absolute atomic E-state index is 6.09. The predicted octanol–water partition coefficient (Wildman–Crippen LogP) is 3.85. The largest absolute Gasteiger partial charge is 0.382 e. The first kappa shape index (κ1) is 15.2.